The van der Waals surface area contributed by atoms with Crippen molar-refractivity contribution < 1.29 is 23.8 Å². The first-order chi connectivity index (χ1) is 18.0. The van der Waals surface area contributed by atoms with Gasteiger partial charge in [-0.3, -0.25) is 9.59 Å². The summed E-state index contributed by atoms with van der Waals surface area (Å²) in [5.41, 5.74) is 3.80. The lowest BCUT2D eigenvalue weighted by Crippen LogP contribution is -2.39. The van der Waals surface area contributed by atoms with Crippen molar-refractivity contribution in [2.24, 2.45) is 5.92 Å². The number of hydrogen-bond donors (Lipinski definition) is 0. The van der Waals surface area contributed by atoms with E-state index in [1.54, 1.807) is 21.1 Å². The summed E-state index contributed by atoms with van der Waals surface area (Å²) in [5.74, 6) is 2.28. The van der Waals surface area contributed by atoms with E-state index in [4.69, 9.17) is 14.2 Å². The van der Waals surface area contributed by atoms with Crippen molar-refractivity contribution in [3.05, 3.63) is 71.8 Å². The molecule has 1 aliphatic heterocycles. The second-order valence-corrected chi connectivity index (χ2v) is 9.27. The van der Waals surface area contributed by atoms with Gasteiger partial charge in [-0.05, 0) is 48.2 Å². The Morgan fingerprint density at radius 2 is 1.68 bits per heavy atom. The van der Waals surface area contributed by atoms with E-state index >= 15 is 0 Å². The minimum absolute atomic E-state index is 0.0137. The topological polar surface area (TPSA) is 78.0 Å². The standard InChI is InChI=1S/C30H34N2O5/c1-21(33)32-15-12-24(13-16-32)27(34)19-23-6-4-7-25(18-23)26-8-5-9-30(31-26)37-17-14-22-10-11-28(35-2)29(20-22)36-3/h4-11,18,20,24H,12-17,19H2,1-3H3. The number of pyridine rings is 1. The van der Waals surface area contributed by atoms with Crippen LogP contribution in [0, 0.1) is 5.92 Å². The molecule has 7 nitrogen and oxygen atoms in total. The monoisotopic (exact) mass is 502 g/mol. The number of carbonyl (C=O) groups is 2. The second-order valence-electron chi connectivity index (χ2n) is 9.27. The smallest absolute Gasteiger partial charge is 0.219 e. The molecule has 194 valence electrons. The molecule has 0 bridgehead atoms. The molecule has 0 N–H and O–H groups in total. The maximum absolute atomic E-state index is 12.9. The van der Waals surface area contributed by atoms with Crippen LogP contribution in [0.25, 0.3) is 11.3 Å². The number of nitrogens with zero attached hydrogens (tertiary/aromatic N) is 2. The van der Waals surface area contributed by atoms with Crippen molar-refractivity contribution in [3.63, 3.8) is 0 Å². The normalized spacial score (nSPS) is 13.8. The Morgan fingerprint density at radius 1 is 0.919 bits per heavy atom. The van der Waals surface area contributed by atoms with Gasteiger partial charge in [0.15, 0.2) is 11.5 Å². The van der Waals surface area contributed by atoms with Gasteiger partial charge in [-0.2, -0.15) is 0 Å². The van der Waals surface area contributed by atoms with Crippen LogP contribution in [-0.2, 0) is 22.4 Å². The molecule has 1 fully saturated rings. The van der Waals surface area contributed by atoms with Crippen molar-refractivity contribution >= 4 is 11.7 Å². The van der Waals surface area contributed by atoms with Gasteiger partial charge >= 0.3 is 0 Å². The fraction of sp³-hybridized carbons (Fsp3) is 0.367. The highest BCUT2D eigenvalue weighted by atomic mass is 16.5. The molecule has 1 aromatic heterocycles. The number of ketones is 1. The quantitative estimate of drug-likeness (QED) is 0.398. The molecular formula is C30H34N2O5. The summed E-state index contributed by atoms with van der Waals surface area (Å²) in [6.07, 6.45) is 2.57. The minimum Gasteiger partial charge on any atom is -0.493 e. The number of benzene rings is 2. The summed E-state index contributed by atoms with van der Waals surface area (Å²) in [7, 11) is 3.24. The number of Topliss-reactive ketones (excluding diaryl/α,β-unsaturated/α-hetero) is 1. The molecule has 0 unspecified atom stereocenters. The molecule has 0 saturated carbocycles. The summed E-state index contributed by atoms with van der Waals surface area (Å²) in [6, 6.07) is 19.5. The molecule has 1 saturated heterocycles. The van der Waals surface area contributed by atoms with Crippen molar-refractivity contribution in [2.75, 3.05) is 33.9 Å². The predicted octanol–water partition coefficient (Wildman–Crippen LogP) is 4.76. The number of hydrogen-bond acceptors (Lipinski definition) is 6. The van der Waals surface area contributed by atoms with Gasteiger partial charge in [-0.15, -0.1) is 0 Å². The fourth-order valence-corrected chi connectivity index (χ4v) is 4.67. The molecular weight excluding hydrogens is 468 g/mol. The highest BCUT2D eigenvalue weighted by Gasteiger charge is 2.25. The van der Waals surface area contributed by atoms with E-state index in [1.165, 1.54) is 0 Å². The highest BCUT2D eigenvalue weighted by Crippen LogP contribution is 2.28. The van der Waals surface area contributed by atoms with Crippen LogP contribution in [-0.4, -0.2) is 55.5 Å². The first-order valence-electron chi connectivity index (χ1n) is 12.6. The predicted molar refractivity (Wildman–Crippen MR) is 142 cm³/mol. The van der Waals surface area contributed by atoms with Crippen molar-refractivity contribution in [3.8, 4) is 28.6 Å². The van der Waals surface area contributed by atoms with Crippen molar-refractivity contribution in [1.82, 2.24) is 9.88 Å². The molecule has 0 radical (unpaired) electrons. The molecule has 1 amide bonds. The third-order valence-electron chi connectivity index (χ3n) is 6.81. The molecule has 7 heteroatoms. The lowest BCUT2D eigenvalue weighted by Gasteiger charge is -2.30. The summed E-state index contributed by atoms with van der Waals surface area (Å²) in [5, 5.41) is 0. The Hall–Kier alpha value is -3.87. The van der Waals surface area contributed by atoms with Crippen LogP contribution in [0.4, 0.5) is 0 Å². The van der Waals surface area contributed by atoms with Gasteiger partial charge in [0, 0.05) is 50.4 Å². The zero-order valence-corrected chi connectivity index (χ0v) is 21.7. The van der Waals surface area contributed by atoms with E-state index in [9.17, 15) is 9.59 Å². The van der Waals surface area contributed by atoms with E-state index in [0.717, 1.165) is 35.2 Å². The minimum atomic E-state index is 0.0137. The van der Waals surface area contributed by atoms with Gasteiger partial charge in [0.25, 0.3) is 0 Å². The molecule has 1 aliphatic rings. The lowest BCUT2D eigenvalue weighted by molar-refractivity contribution is -0.133. The van der Waals surface area contributed by atoms with Crippen LogP contribution in [0.1, 0.15) is 30.9 Å². The molecule has 0 atom stereocenters. The van der Waals surface area contributed by atoms with Crippen LogP contribution < -0.4 is 14.2 Å². The summed E-state index contributed by atoms with van der Waals surface area (Å²) in [4.78, 5) is 31.0. The second kappa shape index (κ2) is 12.4. The fourth-order valence-electron chi connectivity index (χ4n) is 4.67. The largest absolute Gasteiger partial charge is 0.493 e. The number of ether oxygens (including phenoxy) is 3. The molecule has 2 aromatic carbocycles. The number of rotatable bonds is 10. The lowest BCUT2D eigenvalue weighted by atomic mass is 9.89. The molecule has 2 heterocycles. The molecule has 3 aromatic rings. The Bertz CT molecular complexity index is 1230. The number of likely N-dealkylation sites (tertiary alicyclic amines) is 1. The Morgan fingerprint density at radius 3 is 2.41 bits per heavy atom. The molecule has 0 spiro atoms. The zero-order valence-electron chi connectivity index (χ0n) is 21.7. The van der Waals surface area contributed by atoms with Crippen LogP contribution in [0.3, 0.4) is 0 Å². The first kappa shape index (κ1) is 26.2. The van der Waals surface area contributed by atoms with E-state index in [-0.39, 0.29) is 17.6 Å². The van der Waals surface area contributed by atoms with Crippen LogP contribution in [0.15, 0.2) is 60.7 Å². The summed E-state index contributed by atoms with van der Waals surface area (Å²) >= 11 is 0. The third-order valence-corrected chi connectivity index (χ3v) is 6.81. The first-order valence-corrected chi connectivity index (χ1v) is 12.6. The molecule has 0 aliphatic carbocycles. The average Bonchev–Trinajstić information content (AvgIpc) is 2.93. The number of piperidine rings is 1. The Labute approximate surface area is 218 Å². The molecule has 4 rings (SSSR count). The van der Waals surface area contributed by atoms with Crippen molar-refractivity contribution in [2.45, 2.75) is 32.6 Å². The summed E-state index contributed by atoms with van der Waals surface area (Å²) < 4.78 is 16.6. The van der Waals surface area contributed by atoms with Gasteiger partial charge < -0.3 is 19.1 Å². The van der Waals surface area contributed by atoms with Gasteiger partial charge in [0.1, 0.15) is 5.78 Å². The number of aromatic nitrogens is 1. The Balaban J connectivity index is 1.35. The van der Waals surface area contributed by atoms with E-state index in [0.29, 0.717) is 49.9 Å². The van der Waals surface area contributed by atoms with Crippen LogP contribution >= 0.6 is 0 Å². The third kappa shape index (κ3) is 6.88. The van der Waals surface area contributed by atoms with E-state index in [2.05, 4.69) is 4.98 Å². The maximum atomic E-state index is 12.9. The summed E-state index contributed by atoms with van der Waals surface area (Å²) in [6.45, 7) is 3.38. The van der Waals surface area contributed by atoms with Gasteiger partial charge in [-0.1, -0.05) is 30.3 Å². The van der Waals surface area contributed by atoms with Gasteiger partial charge in [0.2, 0.25) is 11.8 Å². The SMILES string of the molecule is COc1ccc(CCOc2cccc(-c3cccc(CC(=O)C4CCN(C(C)=O)CC4)c3)n2)cc1OC. The van der Waals surface area contributed by atoms with Crippen LogP contribution in [0.2, 0.25) is 0 Å². The van der Waals surface area contributed by atoms with Crippen LogP contribution in [0.5, 0.6) is 17.4 Å². The highest BCUT2D eigenvalue weighted by molar-refractivity contribution is 5.84. The molecule has 37 heavy (non-hydrogen) atoms. The van der Waals surface area contributed by atoms with E-state index in [1.807, 2.05) is 65.6 Å². The average molecular weight is 503 g/mol. The zero-order chi connectivity index (χ0) is 26.2. The van der Waals surface area contributed by atoms with Crippen molar-refractivity contribution in [1.29, 1.82) is 0 Å². The maximum Gasteiger partial charge on any atom is 0.219 e. The number of amides is 1. The van der Waals surface area contributed by atoms with Gasteiger partial charge in [-0.25, -0.2) is 4.98 Å². The Kier molecular flexibility index (Phi) is 8.77. The number of carbonyl (C=O) groups excluding carboxylic acids is 2. The van der Waals surface area contributed by atoms with Gasteiger partial charge in [0.05, 0.1) is 26.5 Å². The van der Waals surface area contributed by atoms with E-state index < -0.39 is 0 Å². The number of methoxy groups -OCH3 is 2.